The van der Waals surface area contributed by atoms with Crippen LogP contribution in [0.1, 0.15) is 41.7 Å². The summed E-state index contributed by atoms with van der Waals surface area (Å²) >= 11 is 5.89. The van der Waals surface area contributed by atoms with Crippen LogP contribution in [0.3, 0.4) is 0 Å². The van der Waals surface area contributed by atoms with E-state index in [4.69, 9.17) is 16.3 Å². The van der Waals surface area contributed by atoms with Crippen molar-refractivity contribution in [3.8, 4) is 0 Å². The molecule has 0 amide bonds. The number of benzene rings is 1. The lowest BCUT2D eigenvalue weighted by Gasteiger charge is -2.20. The molecule has 1 aliphatic heterocycles. The number of sulfonamides is 1. The van der Waals surface area contributed by atoms with Crippen molar-refractivity contribution >= 4 is 33.2 Å². The zero-order chi connectivity index (χ0) is 22.7. The van der Waals surface area contributed by atoms with Crippen LogP contribution in [0, 0.1) is 0 Å². The van der Waals surface area contributed by atoms with Gasteiger partial charge in [-0.15, -0.1) is 0 Å². The van der Waals surface area contributed by atoms with Gasteiger partial charge >= 0.3 is 5.97 Å². The number of nitrogens with zero attached hydrogens (tertiary/aromatic N) is 3. The highest BCUT2D eigenvalue weighted by Crippen LogP contribution is 2.21. The molecule has 0 bridgehead atoms. The molecule has 2 aromatic heterocycles. The van der Waals surface area contributed by atoms with Gasteiger partial charge in [0.05, 0.1) is 21.2 Å². The fraction of sp³-hybridized carbons (Fsp3) is 0.318. The first-order chi connectivity index (χ1) is 15.3. The van der Waals surface area contributed by atoms with Crippen molar-refractivity contribution in [2.45, 2.75) is 37.2 Å². The van der Waals surface area contributed by atoms with E-state index in [0.717, 1.165) is 25.7 Å². The first kappa shape index (κ1) is 22.4. The molecular formula is C22H22ClN3O5S. The van der Waals surface area contributed by atoms with E-state index >= 15 is 0 Å². The quantitative estimate of drug-likeness (QED) is 0.525. The number of fused-ring (bicyclic) bond motifs is 1. The molecule has 168 valence electrons. The number of rotatable bonds is 5. The highest BCUT2D eigenvalue weighted by molar-refractivity contribution is 7.89. The van der Waals surface area contributed by atoms with Crippen LogP contribution in [-0.4, -0.2) is 41.2 Å². The van der Waals surface area contributed by atoms with Crippen molar-refractivity contribution in [3.05, 3.63) is 75.3 Å². The van der Waals surface area contributed by atoms with Crippen molar-refractivity contribution in [2.24, 2.45) is 0 Å². The van der Waals surface area contributed by atoms with Crippen molar-refractivity contribution in [2.75, 3.05) is 13.1 Å². The maximum atomic E-state index is 12.9. The number of carbonyl (C=O) groups is 1. The van der Waals surface area contributed by atoms with Crippen LogP contribution in [0.4, 0.5) is 0 Å². The standard InChI is InChI=1S/C22H22ClN3O5S/c23-17-7-10-20-24-18(13-21(27)26(20)14-17)15-31-22(28)16-5-8-19(9-6-16)32(29,30)25-11-3-1-2-4-12-25/h5-10,13-14H,1-4,11-12,15H2. The smallest absolute Gasteiger partial charge is 0.338 e. The summed E-state index contributed by atoms with van der Waals surface area (Å²) in [6.45, 7) is 0.829. The minimum atomic E-state index is -3.59. The molecular weight excluding hydrogens is 454 g/mol. The lowest BCUT2D eigenvalue weighted by atomic mass is 10.2. The predicted octanol–water partition coefficient (Wildman–Crippen LogP) is 3.27. The maximum Gasteiger partial charge on any atom is 0.338 e. The Bertz CT molecular complexity index is 1300. The van der Waals surface area contributed by atoms with Crippen LogP contribution >= 0.6 is 11.6 Å². The normalized spacial score (nSPS) is 15.4. The molecule has 0 N–H and O–H groups in total. The fourth-order valence-electron chi connectivity index (χ4n) is 3.62. The number of esters is 1. The van der Waals surface area contributed by atoms with E-state index in [0.29, 0.717) is 29.5 Å². The lowest BCUT2D eigenvalue weighted by molar-refractivity contribution is 0.0467. The van der Waals surface area contributed by atoms with Crippen LogP contribution in [-0.2, 0) is 21.4 Å². The largest absolute Gasteiger partial charge is 0.456 e. The van der Waals surface area contributed by atoms with Gasteiger partial charge in [-0.1, -0.05) is 24.4 Å². The van der Waals surface area contributed by atoms with E-state index in [1.165, 1.54) is 45.2 Å². The zero-order valence-corrected chi connectivity index (χ0v) is 18.8. The molecule has 8 nitrogen and oxygen atoms in total. The van der Waals surface area contributed by atoms with Gasteiger partial charge in [0.1, 0.15) is 12.3 Å². The molecule has 1 fully saturated rings. The Morgan fingerprint density at radius 3 is 2.41 bits per heavy atom. The van der Waals surface area contributed by atoms with Crippen molar-refractivity contribution < 1.29 is 17.9 Å². The maximum absolute atomic E-state index is 12.9. The molecule has 3 heterocycles. The third-order valence-corrected chi connectivity index (χ3v) is 7.46. The van der Waals surface area contributed by atoms with Gasteiger partial charge in [0.15, 0.2) is 0 Å². The summed E-state index contributed by atoms with van der Waals surface area (Å²) < 4.78 is 33.8. The number of hydrogen-bond donors (Lipinski definition) is 0. The molecule has 0 atom stereocenters. The van der Waals surface area contributed by atoms with E-state index in [-0.39, 0.29) is 22.6 Å². The molecule has 1 saturated heterocycles. The second kappa shape index (κ2) is 9.40. The Hall–Kier alpha value is -2.75. The minimum Gasteiger partial charge on any atom is -0.456 e. The van der Waals surface area contributed by atoms with Crippen LogP contribution in [0.25, 0.3) is 5.65 Å². The number of carbonyl (C=O) groups excluding carboxylic acids is 1. The van der Waals surface area contributed by atoms with Gasteiger partial charge in [-0.25, -0.2) is 18.2 Å². The average molecular weight is 476 g/mol. The van der Waals surface area contributed by atoms with Gasteiger partial charge in [-0.2, -0.15) is 4.31 Å². The lowest BCUT2D eigenvalue weighted by Crippen LogP contribution is -2.31. The molecule has 4 rings (SSSR count). The summed E-state index contributed by atoms with van der Waals surface area (Å²) in [4.78, 5) is 29.1. The van der Waals surface area contributed by atoms with E-state index < -0.39 is 16.0 Å². The number of hydrogen-bond acceptors (Lipinski definition) is 6. The van der Waals surface area contributed by atoms with Gasteiger partial charge < -0.3 is 4.74 Å². The predicted molar refractivity (Wildman–Crippen MR) is 119 cm³/mol. The van der Waals surface area contributed by atoms with Crippen molar-refractivity contribution in [1.29, 1.82) is 0 Å². The van der Waals surface area contributed by atoms with Gasteiger partial charge in [0, 0.05) is 25.4 Å². The van der Waals surface area contributed by atoms with Gasteiger partial charge in [0.25, 0.3) is 5.56 Å². The summed E-state index contributed by atoms with van der Waals surface area (Å²) in [5, 5.41) is 0.405. The Morgan fingerprint density at radius 1 is 1.03 bits per heavy atom. The molecule has 0 saturated carbocycles. The summed E-state index contributed by atoms with van der Waals surface area (Å²) in [6, 6.07) is 10.2. The SMILES string of the molecule is O=C(OCc1cc(=O)n2cc(Cl)ccc2n1)c1ccc(S(=O)(=O)N2CCCCCC2)cc1. The molecule has 0 spiro atoms. The van der Waals surface area contributed by atoms with Crippen LogP contribution in [0.5, 0.6) is 0 Å². The van der Waals surface area contributed by atoms with Crippen LogP contribution < -0.4 is 5.56 Å². The van der Waals surface area contributed by atoms with Gasteiger partial charge in [-0.3, -0.25) is 9.20 Å². The molecule has 32 heavy (non-hydrogen) atoms. The summed E-state index contributed by atoms with van der Waals surface area (Å²) in [5.74, 6) is -0.637. The molecule has 3 aromatic rings. The summed E-state index contributed by atoms with van der Waals surface area (Å²) in [6.07, 6.45) is 5.22. The Morgan fingerprint density at radius 2 is 1.72 bits per heavy atom. The Labute approximate surface area is 190 Å². The highest BCUT2D eigenvalue weighted by Gasteiger charge is 2.25. The Balaban J connectivity index is 1.45. The first-order valence-electron chi connectivity index (χ1n) is 10.3. The highest BCUT2D eigenvalue weighted by atomic mass is 35.5. The fourth-order valence-corrected chi connectivity index (χ4v) is 5.29. The number of pyridine rings is 1. The molecule has 0 radical (unpaired) electrons. The average Bonchev–Trinajstić information content (AvgIpc) is 3.08. The van der Waals surface area contributed by atoms with E-state index in [2.05, 4.69) is 4.98 Å². The molecule has 1 aliphatic rings. The second-order valence-corrected chi connectivity index (χ2v) is 9.95. The first-order valence-corrected chi connectivity index (χ1v) is 12.1. The third-order valence-electron chi connectivity index (χ3n) is 5.32. The topological polar surface area (TPSA) is 98.0 Å². The minimum absolute atomic E-state index is 0.152. The van der Waals surface area contributed by atoms with Crippen molar-refractivity contribution in [1.82, 2.24) is 13.7 Å². The number of halogens is 1. The van der Waals surface area contributed by atoms with Crippen LogP contribution in [0.2, 0.25) is 5.02 Å². The van der Waals surface area contributed by atoms with Gasteiger partial charge in [0.2, 0.25) is 10.0 Å². The molecule has 0 unspecified atom stereocenters. The number of ether oxygens (including phenoxy) is 1. The van der Waals surface area contributed by atoms with Crippen LogP contribution in [0.15, 0.2) is 58.4 Å². The number of aromatic nitrogens is 2. The Kier molecular flexibility index (Phi) is 6.59. The monoisotopic (exact) mass is 475 g/mol. The summed E-state index contributed by atoms with van der Waals surface area (Å²) in [7, 11) is -3.59. The molecule has 1 aromatic carbocycles. The molecule has 10 heteroatoms. The third kappa shape index (κ3) is 4.85. The van der Waals surface area contributed by atoms with E-state index in [9.17, 15) is 18.0 Å². The summed E-state index contributed by atoms with van der Waals surface area (Å²) in [5.41, 5.74) is 0.554. The van der Waals surface area contributed by atoms with E-state index in [1.54, 1.807) is 12.1 Å². The van der Waals surface area contributed by atoms with Gasteiger partial charge in [-0.05, 0) is 49.2 Å². The van der Waals surface area contributed by atoms with E-state index in [1.807, 2.05) is 0 Å². The molecule has 0 aliphatic carbocycles. The zero-order valence-electron chi connectivity index (χ0n) is 17.2. The van der Waals surface area contributed by atoms with Crippen molar-refractivity contribution in [3.63, 3.8) is 0 Å². The second-order valence-electron chi connectivity index (χ2n) is 7.58.